The van der Waals surface area contributed by atoms with Crippen molar-refractivity contribution in [2.24, 2.45) is 5.92 Å². The lowest BCUT2D eigenvalue weighted by molar-refractivity contribution is -0.126. The van der Waals surface area contributed by atoms with E-state index in [9.17, 15) is 4.79 Å². The molecule has 4 rings (SSSR count). The molecule has 0 saturated heterocycles. The number of aromatic nitrogens is 4. The van der Waals surface area contributed by atoms with Gasteiger partial charge in [0.05, 0.1) is 23.5 Å². The van der Waals surface area contributed by atoms with Gasteiger partial charge < -0.3 is 10.6 Å². The van der Waals surface area contributed by atoms with Gasteiger partial charge in [-0.2, -0.15) is 5.10 Å². The van der Waals surface area contributed by atoms with Gasteiger partial charge in [-0.1, -0.05) is 51.4 Å². The fourth-order valence-electron chi connectivity index (χ4n) is 4.29. The van der Waals surface area contributed by atoms with E-state index < -0.39 is 0 Å². The van der Waals surface area contributed by atoms with Crippen molar-refractivity contribution in [3.8, 4) is 0 Å². The average Bonchev–Trinajstić information content (AvgIpc) is 3.53. The molecule has 7 nitrogen and oxygen atoms in total. The summed E-state index contributed by atoms with van der Waals surface area (Å²) in [5.74, 6) is 2.39. The number of thiophene rings is 1. The number of rotatable bonds is 10. The molecular weight excluding hydrogens is 440 g/mol. The quantitative estimate of drug-likeness (QED) is 0.329. The van der Waals surface area contributed by atoms with E-state index in [0.717, 1.165) is 60.0 Å². The van der Waals surface area contributed by atoms with E-state index in [0.29, 0.717) is 19.0 Å². The lowest BCUT2D eigenvalue weighted by atomic mass is 9.83. The topological polar surface area (TPSA) is 84.7 Å². The third-order valence-corrected chi connectivity index (χ3v) is 7.72. The molecule has 0 atom stereocenters. The Bertz CT molecular complexity index is 1040. The second-order valence-electron chi connectivity index (χ2n) is 8.69. The van der Waals surface area contributed by atoms with E-state index in [-0.39, 0.29) is 11.3 Å². The van der Waals surface area contributed by atoms with Gasteiger partial charge in [0, 0.05) is 18.0 Å². The molecule has 1 saturated carbocycles. The van der Waals surface area contributed by atoms with Crippen molar-refractivity contribution in [3.05, 3.63) is 28.6 Å². The average molecular weight is 473 g/mol. The van der Waals surface area contributed by atoms with E-state index >= 15 is 0 Å². The van der Waals surface area contributed by atoms with Crippen LogP contribution < -0.4 is 10.6 Å². The molecule has 3 aromatic rings. The Labute approximate surface area is 197 Å². The minimum Gasteiger partial charge on any atom is -0.369 e. The number of fused-ring (bicyclic) bond motifs is 1. The summed E-state index contributed by atoms with van der Waals surface area (Å²) in [6.45, 7) is 8.39. The number of nitrogens with one attached hydrogen (secondary N) is 2. The molecule has 0 aromatic carbocycles. The molecule has 0 spiro atoms. The maximum Gasteiger partial charge on any atom is 0.231 e. The maximum absolute atomic E-state index is 13.2. The Morgan fingerprint density at radius 2 is 2.12 bits per heavy atom. The number of hydrogen-bond donors (Lipinski definition) is 2. The van der Waals surface area contributed by atoms with Crippen LogP contribution in [0, 0.1) is 5.92 Å². The van der Waals surface area contributed by atoms with Crippen LogP contribution in [0.4, 0.5) is 5.82 Å². The summed E-state index contributed by atoms with van der Waals surface area (Å²) in [5, 5.41) is 14.9. The maximum atomic E-state index is 13.2. The minimum atomic E-state index is -0.360. The number of thioether (sulfide) groups is 1. The molecule has 32 heavy (non-hydrogen) atoms. The zero-order chi connectivity index (χ0) is 22.6. The highest BCUT2D eigenvalue weighted by Gasteiger charge is 2.43. The van der Waals surface area contributed by atoms with Crippen LogP contribution >= 0.6 is 23.1 Å². The van der Waals surface area contributed by atoms with Crippen LogP contribution in [0.15, 0.2) is 28.9 Å². The first-order valence-corrected chi connectivity index (χ1v) is 13.3. The first-order valence-electron chi connectivity index (χ1n) is 11.5. The Morgan fingerprint density at radius 1 is 1.31 bits per heavy atom. The standard InChI is InChI=1S/C23H32N6OS2/c1-4-31-22-27-19(25-14-16(2)3)17-15-26-29(20(17)28-22)12-11-24-21(30)23(9-5-6-10-23)18-8-7-13-32-18/h7-8,13,15-16H,4-6,9-12,14H2,1-3H3,(H,24,30)(H,25,27,28). The van der Waals surface area contributed by atoms with Gasteiger partial charge in [0.25, 0.3) is 0 Å². The molecule has 3 aromatic heterocycles. The van der Waals surface area contributed by atoms with Crippen molar-refractivity contribution < 1.29 is 4.79 Å². The van der Waals surface area contributed by atoms with E-state index in [4.69, 9.17) is 9.97 Å². The Hall–Kier alpha value is -2.13. The normalized spacial score (nSPS) is 15.5. The van der Waals surface area contributed by atoms with Gasteiger partial charge in [-0.3, -0.25) is 4.79 Å². The van der Waals surface area contributed by atoms with Crippen molar-refractivity contribution in [3.63, 3.8) is 0 Å². The van der Waals surface area contributed by atoms with Crippen LogP contribution in [0.5, 0.6) is 0 Å². The van der Waals surface area contributed by atoms with E-state index in [2.05, 4.69) is 47.9 Å². The molecule has 0 unspecified atom stereocenters. The summed E-state index contributed by atoms with van der Waals surface area (Å²) in [6.07, 6.45) is 5.90. The minimum absolute atomic E-state index is 0.144. The van der Waals surface area contributed by atoms with E-state index in [1.165, 1.54) is 4.88 Å². The Kier molecular flexibility index (Phi) is 7.35. The second kappa shape index (κ2) is 10.2. The van der Waals surface area contributed by atoms with Crippen molar-refractivity contribution in [2.45, 2.75) is 63.6 Å². The molecule has 1 aliphatic carbocycles. The SMILES string of the molecule is CCSc1nc(NCC(C)C)c2cnn(CCNC(=O)C3(c4cccs4)CCCC3)c2n1. The van der Waals surface area contributed by atoms with Crippen LogP contribution in [0.2, 0.25) is 0 Å². The first-order chi connectivity index (χ1) is 15.5. The molecule has 2 N–H and O–H groups in total. The fraction of sp³-hybridized carbons (Fsp3) is 0.565. The predicted molar refractivity (Wildman–Crippen MR) is 133 cm³/mol. The number of anilines is 1. The summed E-state index contributed by atoms with van der Waals surface area (Å²) in [4.78, 5) is 23.9. The predicted octanol–water partition coefficient (Wildman–Crippen LogP) is 4.70. The van der Waals surface area contributed by atoms with Crippen LogP contribution in [0.3, 0.4) is 0 Å². The van der Waals surface area contributed by atoms with Crippen molar-refractivity contribution >= 4 is 45.9 Å². The highest BCUT2D eigenvalue weighted by Crippen LogP contribution is 2.43. The Morgan fingerprint density at radius 3 is 2.81 bits per heavy atom. The third-order valence-electron chi connectivity index (χ3n) is 5.92. The number of amides is 1. The summed E-state index contributed by atoms with van der Waals surface area (Å²) < 4.78 is 1.88. The summed E-state index contributed by atoms with van der Waals surface area (Å²) in [6, 6.07) is 4.14. The monoisotopic (exact) mass is 472 g/mol. The highest BCUT2D eigenvalue weighted by molar-refractivity contribution is 7.99. The summed E-state index contributed by atoms with van der Waals surface area (Å²) in [7, 11) is 0. The molecule has 0 radical (unpaired) electrons. The molecule has 0 bridgehead atoms. The number of carbonyl (C=O) groups is 1. The van der Waals surface area contributed by atoms with Crippen LogP contribution in [0.1, 0.15) is 51.3 Å². The van der Waals surface area contributed by atoms with Crippen LogP contribution in [-0.2, 0) is 16.8 Å². The van der Waals surface area contributed by atoms with Crippen LogP contribution in [0.25, 0.3) is 11.0 Å². The molecule has 1 amide bonds. The number of hydrogen-bond acceptors (Lipinski definition) is 7. The largest absolute Gasteiger partial charge is 0.369 e. The zero-order valence-corrected chi connectivity index (χ0v) is 20.7. The fourth-order valence-corrected chi connectivity index (χ4v) is 5.84. The highest BCUT2D eigenvalue weighted by atomic mass is 32.2. The van der Waals surface area contributed by atoms with Gasteiger partial charge >= 0.3 is 0 Å². The smallest absolute Gasteiger partial charge is 0.231 e. The van der Waals surface area contributed by atoms with Gasteiger partial charge in [0.1, 0.15) is 5.82 Å². The molecule has 0 aliphatic heterocycles. The number of carbonyl (C=O) groups excluding carboxylic acids is 1. The van der Waals surface area contributed by atoms with E-state index in [1.54, 1.807) is 23.1 Å². The molecule has 3 heterocycles. The molecule has 1 fully saturated rings. The molecular formula is C23H32N6OS2. The summed E-state index contributed by atoms with van der Waals surface area (Å²) >= 11 is 3.31. The lowest BCUT2D eigenvalue weighted by Crippen LogP contribution is -2.43. The molecule has 1 aliphatic rings. The first kappa shape index (κ1) is 23.0. The number of nitrogens with zero attached hydrogens (tertiary/aromatic N) is 4. The van der Waals surface area contributed by atoms with Gasteiger partial charge in [-0.05, 0) is 36.0 Å². The van der Waals surface area contributed by atoms with Crippen LogP contribution in [-0.4, -0.2) is 44.5 Å². The molecule has 172 valence electrons. The molecule has 9 heteroatoms. The van der Waals surface area contributed by atoms with Gasteiger partial charge in [0.15, 0.2) is 10.8 Å². The lowest BCUT2D eigenvalue weighted by Gasteiger charge is -2.26. The van der Waals surface area contributed by atoms with Crippen molar-refractivity contribution in [1.82, 2.24) is 25.1 Å². The van der Waals surface area contributed by atoms with Gasteiger partial charge in [-0.25, -0.2) is 14.6 Å². The summed E-state index contributed by atoms with van der Waals surface area (Å²) in [5.41, 5.74) is 0.451. The van der Waals surface area contributed by atoms with Crippen molar-refractivity contribution in [1.29, 1.82) is 0 Å². The van der Waals surface area contributed by atoms with Gasteiger partial charge in [-0.15, -0.1) is 11.3 Å². The van der Waals surface area contributed by atoms with E-state index in [1.807, 2.05) is 16.9 Å². The third kappa shape index (κ3) is 4.78. The zero-order valence-electron chi connectivity index (χ0n) is 19.1. The van der Waals surface area contributed by atoms with Gasteiger partial charge in [0.2, 0.25) is 5.91 Å². The van der Waals surface area contributed by atoms with Crippen molar-refractivity contribution in [2.75, 3.05) is 24.2 Å². The second-order valence-corrected chi connectivity index (χ2v) is 10.9. The Balaban J connectivity index is 1.49.